The molecule has 1 heterocycles. The summed E-state index contributed by atoms with van der Waals surface area (Å²) in [6.07, 6.45) is 0.692. The Morgan fingerprint density at radius 2 is 1.63 bits per heavy atom. The molecule has 5 nitrogen and oxygen atoms in total. The predicted octanol–water partition coefficient (Wildman–Crippen LogP) is 4.45. The fourth-order valence-electron chi connectivity index (χ4n) is 3.33. The predicted molar refractivity (Wildman–Crippen MR) is 112 cm³/mol. The van der Waals surface area contributed by atoms with Crippen molar-refractivity contribution in [3.63, 3.8) is 0 Å². The summed E-state index contributed by atoms with van der Waals surface area (Å²) in [5.41, 5.74) is 6.77. The zero-order valence-electron chi connectivity index (χ0n) is 16.1. The second-order valence-corrected chi connectivity index (χ2v) is 6.99. The Balaban J connectivity index is 1.66. The molecule has 0 saturated heterocycles. The topological polar surface area (TPSA) is 67.2 Å². The minimum Gasteiger partial charge on any atom is -0.288 e. The van der Waals surface area contributed by atoms with Crippen LogP contribution >= 0.6 is 0 Å². The maximum absolute atomic E-state index is 13.4. The minimum atomic E-state index is -0.558. The highest BCUT2D eigenvalue weighted by Gasteiger charge is 2.12. The number of nitrogens with one attached hydrogen (secondary N) is 1. The molecule has 0 saturated carbocycles. The van der Waals surface area contributed by atoms with Crippen LogP contribution in [0.1, 0.15) is 27.2 Å². The fourth-order valence-corrected chi connectivity index (χ4v) is 3.33. The van der Waals surface area contributed by atoms with Crippen LogP contribution in [0.15, 0.2) is 84.9 Å². The second kappa shape index (κ2) is 8.71. The van der Waals surface area contributed by atoms with Gasteiger partial charge in [-0.15, -0.1) is 0 Å². The van der Waals surface area contributed by atoms with Crippen molar-refractivity contribution in [1.29, 1.82) is 0 Å². The molecule has 0 fully saturated rings. The molecule has 1 amide bonds. The van der Waals surface area contributed by atoms with Gasteiger partial charge in [0, 0.05) is 17.5 Å². The van der Waals surface area contributed by atoms with Crippen molar-refractivity contribution in [2.45, 2.75) is 13.0 Å². The Hall–Kier alpha value is -3.77. The molecule has 150 valence electrons. The molecule has 0 aliphatic rings. The first-order valence-corrected chi connectivity index (χ1v) is 9.52. The van der Waals surface area contributed by atoms with Gasteiger partial charge in [-0.05, 0) is 53.6 Å². The molecule has 0 unspecified atom stereocenters. The molecule has 4 aromatic rings. The van der Waals surface area contributed by atoms with Gasteiger partial charge in [0.15, 0.2) is 0 Å². The zero-order valence-corrected chi connectivity index (χ0v) is 16.1. The van der Waals surface area contributed by atoms with Crippen LogP contribution in [0.2, 0.25) is 0 Å². The van der Waals surface area contributed by atoms with Gasteiger partial charge < -0.3 is 0 Å². The molecule has 30 heavy (non-hydrogen) atoms. The lowest BCUT2D eigenvalue weighted by Crippen LogP contribution is -2.18. The van der Waals surface area contributed by atoms with Gasteiger partial charge >= 0.3 is 0 Å². The van der Waals surface area contributed by atoms with Crippen LogP contribution in [0, 0.1) is 5.82 Å². The molecule has 3 aromatic carbocycles. The smallest absolute Gasteiger partial charge is 0.274 e. The van der Waals surface area contributed by atoms with E-state index in [0.717, 1.165) is 28.1 Å². The number of hydrogen-bond acceptors (Lipinski definition) is 3. The van der Waals surface area contributed by atoms with Gasteiger partial charge in [-0.2, -0.15) is 5.10 Å². The monoisotopic (exact) mass is 401 g/mol. The summed E-state index contributed by atoms with van der Waals surface area (Å²) in [7, 11) is 0. The van der Waals surface area contributed by atoms with Crippen molar-refractivity contribution >= 4 is 5.91 Å². The Labute approximate surface area is 173 Å². The van der Waals surface area contributed by atoms with Gasteiger partial charge in [0.2, 0.25) is 0 Å². The number of aromatic nitrogens is 2. The summed E-state index contributed by atoms with van der Waals surface area (Å²) in [5, 5.41) is 13.5. The van der Waals surface area contributed by atoms with E-state index in [0.29, 0.717) is 18.5 Å². The van der Waals surface area contributed by atoms with Crippen LogP contribution in [-0.4, -0.2) is 20.9 Å². The third kappa shape index (κ3) is 4.45. The SMILES string of the molecule is O=C(NO)c1ccc(Cn2nc(Cc3ccccc3)cc2-c2ccc(F)cc2)cc1. The first-order chi connectivity index (χ1) is 14.6. The summed E-state index contributed by atoms with van der Waals surface area (Å²) < 4.78 is 15.3. The molecule has 2 N–H and O–H groups in total. The van der Waals surface area contributed by atoms with Crippen molar-refractivity contribution < 1.29 is 14.4 Å². The van der Waals surface area contributed by atoms with Crippen LogP contribution in [0.5, 0.6) is 0 Å². The van der Waals surface area contributed by atoms with Crippen molar-refractivity contribution in [1.82, 2.24) is 15.3 Å². The lowest BCUT2D eigenvalue weighted by Gasteiger charge is -2.09. The molecule has 0 atom stereocenters. The number of hydrogen-bond donors (Lipinski definition) is 2. The quantitative estimate of drug-likeness (QED) is 0.371. The Kier molecular flexibility index (Phi) is 5.68. The molecule has 0 aliphatic carbocycles. The van der Waals surface area contributed by atoms with Crippen molar-refractivity contribution in [2.24, 2.45) is 0 Å². The lowest BCUT2D eigenvalue weighted by molar-refractivity contribution is 0.0706. The van der Waals surface area contributed by atoms with Crippen LogP contribution in [0.25, 0.3) is 11.3 Å². The number of amides is 1. The van der Waals surface area contributed by atoms with Gasteiger partial charge in [-0.3, -0.25) is 14.7 Å². The number of halogens is 1. The van der Waals surface area contributed by atoms with E-state index < -0.39 is 5.91 Å². The summed E-state index contributed by atoms with van der Waals surface area (Å²) >= 11 is 0. The molecule has 1 aromatic heterocycles. The highest BCUT2D eigenvalue weighted by atomic mass is 19.1. The second-order valence-electron chi connectivity index (χ2n) is 6.99. The van der Waals surface area contributed by atoms with E-state index >= 15 is 0 Å². The van der Waals surface area contributed by atoms with Gasteiger partial charge in [-0.25, -0.2) is 9.87 Å². The Bertz CT molecular complexity index is 1140. The number of carbonyl (C=O) groups excluding carboxylic acids is 1. The van der Waals surface area contributed by atoms with Crippen molar-refractivity contribution in [2.75, 3.05) is 0 Å². The maximum Gasteiger partial charge on any atom is 0.274 e. The van der Waals surface area contributed by atoms with E-state index in [1.54, 1.807) is 29.7 Å². The van der Waals surface area contributed by atoms with Crippen molar-refractivity contribution in [3.05, 3.63) is 113 Å². The average molecular weight is 401 g/mol. The summed E-state index contributed by atoms with van der Waals surface area (Å²) in [5.74, 6) is -0.843. The van der Waals surface area contributed by atoms with E-state index in [1.807, 2.05) is 41.1 Å². The van der Waals surface area contributed by atoms with E-state index in [9.17, 15) is 9.18 Å². The standard InChI is InChI=1S/C24H20FN3O2/c25-21-12-10-19(11-13-21)23-15-22(14-17-4-2-1-3-5-17)26-28(23)16-18-6-8-20(9-7-18)24(29)27-30/h1-13,15,30H,14,16H2,(H,27,29). The normalized spacial score (nSPS) is 10.7. The molecule has 0 radical (unpaired) electrons. The number of benzene rings is 3. The minimum absolute atomic E-state index is 0.285. The van der Waals surface area contributed by atoms with Crippen LogP contribution < -0.4 is 5.48 Å². The average Bonchev–Trinajstić information content (AvgIpc) is 3.17. The maximum atomic E-state index is 13.4. The first kappa shape index (κ1) is 19.5. The zero-order chi connectivity index (χ0) is 20.9. The van der Waals surface area contributed by atoms with Crippen LogP contribution in [-0.2, 0) is 13.0 Å². The summed E-state index contributed by atoms with van der Waals surface area (Å²) in [4.78, 5) is 11.5. The lowest BCUT2D eigenvalue weighted by atomic mass is 10.1. The van der Waals surface area contributed by atoms with Crippen molar-refractivity contribution in [3.8, 4) is 11.3 Å². The molecular formula is C24H20FN3O2. The largest absolute Gasteiger partial charge is 0.288 e. The van der Waals surface area contributed by atoms with E-state index in [4.69, 9.17) is 10.3 Å². The first-order valence-electron chi connectivity index (χ1n) is 9.52. The van der Waals surface area contributed by atoms with Gasteiger partial charge in [0.05, 0.1) is 17.9 Å². The highest BCUT2D eigenvalue weighted by Crippen LogP contribution is 2.23. The number of rotatable bonds is 6. The Morgan fingerprint density at radius 3 is 2.30 bits per heavy atom. The van der Waals surface area contributed by atoms with E-state index in [-0.39, 0.29) is 5.82 Å². The molecule has 0 spiro atoms. The fraction of sp³-hybridized carbons (Fsp3) is 0.0833. The van der Waals surface area contributed by atoms with Gasteiger partial charge in [0.25, 0.3) is 5.91 Å². The summed E-state index contributed by atoms with van der Waals surface area (Å²) in [6.45, 7) is 0.489. The van der Waals surface area contributed by atoms with Crippen LogP contribution in [0.3, 0.4) is 0 Å². The van der Waals surface area contributed by atoms with E-state index in [2.05, 4.69) is 12.1 Å². The van der Waals surface area contributed by atoms with E-state index in [1.165, 1.54) is 12.1 Å². The number of nitrogens with zero attached hydrogens (tertiary/aromatic N) is 2. The molecule has 0 aliphatic heterocycles. The van der Waals surface area contributed by atoms with Crippen LogP contribution in [0.4, 0.5) is 4.39 Å². The summed E-state index contributed by atoms with van der Waals surface area (Å²) in [6, 6.07) is 25.4. The third-order valence-electron chi connectivity index (χ3n) is 4.85. The highest BCUT2D eigenvalue weighted by molar-refractivity contribution is 5.93. The molecule has 4 rings (SSSR count). The van der Waals surface area contributed by atoms with Gasteiger partial charge in [0.1, 0.15) is 5.82 Å². The molecule has 0 bridgehead atoms. The van der Waals surface area contributed by atoms with Gasteiger partial charge in [-0.1, -0.05) is 42.5 Å². The number of carbonyl (C=O) groups is 1. The third-order valence-corrected chi connectivity index (χ3v) is 4.85. The number of hydroxylamine groups is 1. The molecular weight excluding hydrogens is 381 g/mol. The Morgan fingerprint density at radius 1 is 0.933 bits per heavy atom. The molecule has 6 heteroatoms.